The van der Waals surface area contributed by atoms with Crippen molar-refractivity contribution in [2.45, 2.75) is 32.0 Å². The highest BCUT2D eigenvalue weighted by Crippen LogP contribution is 2.28. The predicted molar refractivity (Wildman–Crippen MR) is 97.4 cm³/mol. The molecule has 148 valence electrons. The van der Waals surface area contributed by atoms with Crippen LogP contribution in [0.1, 0.15) is 31.0 Å². The lowest BCUT2D eigenvalue weighted by molar-refractivity contribution is -0.141. The van der Waals surface area contributed by atoms with Crippen molar-refractivity contribution in [3.05, 3.63) is 59.4 Å². The lowest BCUT2D eigenvalue weighted by Crippen LogP contribution is -2.44. The van der Waals surface area contributed by atoms with Crippen LogP contribution in [0.5, 0.6) is 6.01 Å². The number of likely N-dealkylation sites (tertiary alicyclic amines) is 1. The first-order valence-electron chi connectivity index (χ1n) is 8.92. The minimum Gasteiger partial charge on any atom is -0.458 e. The Balaban J connectivity index is 1.66. The Hall–Kier alpha value is -2.90. The fourth-order valence-corrected chi connectivity index (χ4v) is 3.03. The molecule has 0 bridgehead atoms. The van der Waals surface area contributed by atoms with Crippen molar-refractivity contribution in [1.82, 2.24) is 14.9 Å². The second-order valence-electron chi connectivity index (χ2n) is 6.59. The summed E-state index contributed by atoms with van der Waals surface area (Å²) in [6, 6.07) is 9.96. The van der Waals surface area contributed by atoms with Gasteiger partial charge in [0.2, 0.25) is 5.91 Å². The predicted octanol–water partition coefficient (Wildman–Crippen LogP) is 3.97. The van der Waals surface area contributed by atoms with Crippen molar-refractivity contribution in [2.75, 3.05) is 13.1 Å². The van der Waals surface area contributed by atoms with Gasteiger partial charge in [-0.3, -0.25) is 4.79 Å². The summed E-state index contributed by atoms with van der Waals surface area (Å²) in [5, 5.41) is 0. The summed E-state index contributed by atoms with van der Waals surface area (Å²) < 4.78 is 43.9. The number of rotatable bonds is 4. The van der Waals surface area contributed by atoms with E-state index in [1.165, 1.54) is 0 Å². The van der Waals surface area contributed by atoms with Gasteiger partial charge in [-0.15, -0.1) is 0 Å². The Morgan fingerprint density at radius 3 is 2.71 bits per heavy atom. The number of halogens is 3. The van der Waals surface area contributed by atoms with Crippen LogP contribution in [0.2, 0.25) is 0 Å². The summed E-state index contributed by atoms with van der Waals surface area (Å²) in [7, 11) is 0. The number of aromatic nitrogens is 2. The van der Waals surface area contributed by atoms with Gasteiger partial charge < -0.3 is 9.64 Å². The highest BCUT2D eigenvalue weighted by atomic mass is 19.4. The van der Waals surface area contributed by atoms with Crippen molar-refractivity contribution in [3.63, 3.8) is 0 Å². The summed E-state index contributed by atoms with van der Waals surface area (Å²) in [5.74, 6) is -0.123. The molecule has 1 aromatic carbocycles. The second kappa shape index (κ2) is 8.41. The van der Waals surface area contributed by atoms with E-state index in [0.29, 0.717) is 25.0 Å². The number of ether oxygens (including phenoxy) is 1. The lowest BCUT2D eigenvalue weighted by atomic mass is 10.1. The van der Waals surface area contributed by atoms with Crippen molar-refractivity contribution in [3.8, 4) is 6.01 Å². The summed E-state index contributed by atoms with van der Waals surface area (Å²) in [6.45, 7) is 2.59. The fraction of sp³-hybridized carbons (Fsp3) is 0.350. The third-order valence-corrected chi connectivity index (χ3v) is 4.38. The van der Waals surface area contributed by atoms with E-state index in [1.54, 1.807) is 11.8 Å². The van der Waals surface area contributed by atoms with Crippen molar-refractivity contribution >= 4 is 12.0 Å². The smallest absolute Gasteiger partial charge is 0.433 e. The summed E-state index contributed by atoms with van der Waals surface area (Å²) in [5.41, 5.74) is 0.459. The molecule has 1 fully saturated rings. The van der Waals surface area contributed by atoms with Gasteiger partial charge in [-0.2, -0.15) is 18.2 Å². The maximum Gasteiger partial charge on any atom is 0.433 e. The largest absolute Gasteiger partial charge is 0.458 e. The van der Waals surface area contributed by atoms with E-state index in [0.717, 1.165) is 17.8 Å². The van der Waals surface area contributed by atoms with Gasteiger partial charge in [0.15, 0.2) is 5.69 Å². The van der Waals surface area contributed by atoms with Crippen LogP contribution in [-0.4, -0.2) is 40.0 Å². The number of alkyl halides is 3. The molecule has 1 aliphatic heterocycles. The highest BCUT2D eigenvalue weighted by molar-refractivity contribution is 5.97. The van der Waals surface area contributed by atoms with Crippen LogP contribution in [0.4, 0.5) is 13.2 Å². The molecule has 0 saturated carbocycles. The van der Waals surface area contributed by atoms with Gasteiger partial charge >= 0.3 is 12.2 Å². The first-order chi connectivity index (χ1) is 13.3. The Morgan fingerprint density at radius 2 is 2.00 bits per heavy atom. The van der Waals surface area contributed by atoms with Crippen molar-refractivity contribution in [1.29, 1.82) is 0 Å². The zero-order valence-electron chi connectivity index (χ0n) is 15.3. The van der Waals surface area contributed by atoms with E-state index >= 15 is 0 Å². The van der Waals surface area contributed by atoms with Crippen LogP contribution < -0.4 is 4.74 Å². The molecule has 2 heterocycles. The summed E-state index contributed by atoms with van der Waals surface area (Å²) >= 11 is 0. The normalized spacial score (nSPS) is 18.1. The van der Waals surface area contributed by atoms with E-state index in [4.69, 9.17) is 4.74 Å². The van der Waals surface area contributed by atoms with E-state index in [1.807, 2.05) is 36.4 Å². The molecule has 0 radical (unpaired) electrons. The lowest BCUT2D eigenvalue weighted by Gasteiger charge is -2.32. The van der Waals surface area contributed by atoms with E-state index < -0.39 is 18.0 Å². The Kier molecular flexibility index (Phi) is 5.96. The molecule has 28 heavy (non-hydrogen) atoms. The van der Waals surface area contributed by atoms with E-state index in [-0.39, 0.29) is 18.5 Å². The Bertz CT molecular complexity index is 853. The Morgan fingerprint density at radius 1 is 1.25 bits per heavy atom. The highest BCUT2D eigenvalue weighted by Gasteiger charge is 2.33. The minimum atomic E-state index is -4.56. The molecule has 1 saturated heterocycles. The molecule has 8 heteroatoms. The van der Waals surface area contributed by atoms with E-state index in [9.17, 15) is 18.0 Å². The third kappa shape index (κ3) is 5.09. The van der Waals surface area contributed by atoms with Crippen LogP contribution in [0, 0.1) is 0 Å². The summed E-state index contributed by atoms with van der Waals surface area (Å²) in [6.07, 6.45) is -0.883. The van der Waals surface area contributed by atoms with Crippen LogP contribution in [0.3, 0.4) is 0 Å². The number of piperidine rings is 1. The van der Waals surface area contributed by atoms with Gasteiger partial charge in [-0.1, -0.05) is 30.3 Å². The zero-order valence-corrected chi connectivity index (χ0v) is 15.3. The number of carbonyl (C=O) groups excluding carboxylic acids is 1. The molecule has 1 aromatic heterocycles. The van der Waals surface area contributed by atoms with Crippen LogP contribution >= 0.6 is 0 Å². The maximum absolute atomic E-state index is 12.8. The molecule has 2 aromatic rings. The van der Waals surface area contributed by atoms with Gasteiger partial charge in [0, 0.05) is 18.3 Å². The minimum absolute atomic E-state index is 0.123. The molecule has 3 rings (SSSR count). The second-order valence-corrected chi connectivity index (χ2v) is 6.59. The molecule has 5 nitrogen and oxygen atoms in total. The number of carbonyl (C=O) groups is 1. The van der Waals surface area contributed by atoms with Crippen LogP contribution in [0.25, 0.3) is 6.08 Å². The zero-order chi connectivity index (χ0) is 20.1. The standard InChI is InChI=1S/C20H20F3N3O2/c1-14(12-15-6-3-2-4-7-15)18(27)26-11-5-8-16(13-26)28-19-24-10-9-17(25-19)20(21,22)23/h2-4,6-7,9-10,12,16H,5,8,11,13H2,1H3/b14-12+. The molecule has 0 aliphatic carbocycles. The van der Waals surface area contributed by atoms with Gasteiger partial charge in [0.05, 0.1) is 6.54 Å². The molecule has 1 atom stereocenters. The molecular formula is C20H20F3N3O2. The van der Waals surface area contributed by atoms with Crippen LogP contribution in [-0.2, 0) is 11.0 Å². The van der Waals surface area contributed by atoms with Crippen molar-refractivity contribution < 1.29 is 22.7 Å². The molecule has 1 unspecified atom stereocenters. The SMILES string of the molecule is C/C(=C\c1ccccc1)C(=O)N1CCCC(Oc2nccc(C(F)(F)F)n2)C1. The van der Waals surface area contributed by atoms with Crippen molar-refractivity contribution in [2.24, 2.45) is 0 Å². The number of hydrogen-bond acceptors (Lipinski definition) is 4. The number of hydrogen-bond donors (Lipinski definition) is 0. The monoisotopic (exact) mass is 391 g/mol. The van der Waals surface area contributed by atoms with Gasteiger partial charge in [-0.25, -0.2) is 4.98 Å². The average molecular weight is 391 g/mol. The van der Waals surface area contributed by atoms with E-state index in [2.05, 4.69) is 9.97 Å². The van der Waals surface area contributed by atoms with Crippen LogP contribution in [0.15, 0.2) is 48.2 Å². The average Bonchev–Trinajstić information content (AvgIpc) is 2.68. The first kappa shape index (κ1) is 19.9. The molecule has 0 spiro atoms. The number of amides is 1. The summed E-state index contributed by atoms with van der Waals surface area (Å²) in [4.78, 5) is 21.5. The third-order valence-electron chi connectivity index (χ3n) is 4.38. The molecule has 1 aliphatic rings. The molecular weight excluding hydrogens is 371 g/mol. The van der Waals surface area contributed by atoms with Gasteiger partial charge in [0.25, 0.3) is 0 Å². The number of nitrogens with zero attached hydrogens (tertiary/aromatic N) is 3. The molecule has 1 amide bonds. The van der Waals surface area contributed by atoms with Gasteiger partial charge in [-0.05, 0) is 37.5 Å². The maximum atomic E-state index is 12.8. The Labute approximate surface area is 160 Å². The fourth-order valence-electron chi connectivity index (χ4n) is 3.03. The topological polar surface area (TPSA) is 55.3 Å². The molecule has 0 N–H and O–H groups in total. The quantitative estimate of drug-likeness (QED) is 0.740. The number of benzene rings is 1. The first-order valence-corrected chi connectivity index (χ1v) is 8.92. The van der Waals surface area contributed by atoms with Gasteiger partial charge in [0.1, 0.15) is 6.10 Å².